The summed E-state index contributed by atoms with van der Waals surface area (Å²) in [6.45, 7) is 1.85. The number of amides is 1. The molecule has 0 radical (unpaired) electrons. The lowest BCUT2D eigenvalue weighted by Gasteiger charge is -2.21. The molecule has 7 nitrogen and oxygen atoms in total. The molecule has 0 aliphatic carbocycles. The third-order valence-electron chi connectivity index (χ3n) is 3.99. The van der Waals surface area contributed by atoms with Crippen LogP contribution >= 0.6 is 0 Å². The maximum atomic E-state index is 13.3. The quantitative estimate of drug-likeness (QED) is 0.674. The van der Waals surface area contributed by atoms with Gasteiger partial charge in [0.1, 0.15) is 5.82 Å². The molecule has 0 saturated carbocycles. The number of esters is 1. The van der Waals surface area contributed by atoms with E-state index in [9.17, 15) is 22.4 Å². The van der Waals surface area contributed by atoms with Crippen molar-refractivity contribution in [3.8, 4) is 0 Å². The molecule has 0 bridgehead atoms. The number of hydrogen-bond donors (Lipinski definition) is 1. The minimum Gasteiger partial charge on any atom is -0.452 e. The second kappa shape index (κ2) is 9.43. The van der Waals surface area contributed by atoms with E-state index in [1.54, 1.807) is 19.1 Å². The highest BCUT2D eigenvalue weighted by Crippen LogP contribution is 2.12. The molecule has 0 aliphatic rings. The fourth-order valence-corrected chi connectivity index (χ4v) is 3.15. The maximum absolute atomic E-state index is 13.3. The average molecular weight is 408 g/mol. The topological polar surface area (TPSA) is 92.8 Å². The number of ether oxygens (including phenoxy) is 1. The van der Waals surface area contributed by atoms with Gasteiger partial charge in [-0.1, -0.05) is 12.1 Å². The molecule has 0 saturated heterocycles. The minimum atomic E-state index is -3.60. The lowest BCUT2D eigenvalue weighted by Crippen LogP contribution is -2.34. The highest BCUT2D eigenvalue weighted by molar-refractivity contribution is 7.89. The Morgan fingerprint density at radius 3 is 2.39 bits per heavy atom. The molecule has 0 aromatic heterocycles. The molecular formula is C19H21FN2O5S. The summed E-state index contributed by atoms with van der Waals surface area (Å²) < 4.78 is 43.8. The molecule has 0 unspecified atom stereocenters. The van der Waals surface area contributed by atoms with Gasteiger partial charge in [-0.15, -0.1) is 0 Å². The molecular weight excluding hydrogens is 387 g/mol. The van der Waals surface area contributed by atoms with Gasteiger partial charge >= 0.3 is 5.97 Å². The van der Waals surface area contributed by atoms with E-state index in [1.807, 2.05) is 0 Å². The highest BCUT2D eigenvalue weighted by atomic mass is 32.2. The molecule has 2 aromatic carbocycles. The van der Waals surface area contributed by atoms with E-state index in [0.717, 1.165) is 0 Å². The van der Waals surface area contributed by atoms with E-state index >= 15 is 0 Å². The van der Waals surface area contributed by atoms with Crippen LogP contribution < -0.4 is 4.72 Å². The van der Waals surface area contributed by atoms with Gasteiger partial charge in [0.25, 0.3) is 5.91 Å². The largest absolute Gasteiger partial charge is 0.452 e. The number of hydrogen-bond acceptors (Lipinski definition) is 5. The first-order valence-corrected chi connectivity index (χ1v) is 9.98. The number of benzene rings is 2. The smallest absolute Gasteiger partial charge is 0.338 e. The summed E-state index contributed by atoms with van der Waals surface area (Å²) in [5, 5.41) is 0. The van der Waals surface area contributed by atoms with Crippen molar-refractivity contribution in [2.75, 3.05) is 20.2 Å². The van der Waals surface area contributed by atoms with Gasteiger partial charge in [-0.05, 0) is 55.9 Å². The van der Waals surface area contributed by atoms with E-state index in [-0.39, 0.29) is 17.0 Å². The first-order chi connectivity index (χ1) is 13.3. The van der Waals surface area contributed by atoms with Crippen LogP contribution in [-0.4, -0.2) is 45.4 Å². The fraction of sp³-hybridized carbons (Fsp3) is 0.263. The van der Waals surface area contributed by atoms with Crippen molar-refractivity contribution in [2.45, 2.75) is 18.4 Å². The van der Waals surface area contributed by atoms with Crippen LogP contribution in [0.15, 0.2) is 53.4 Å². The van der Waals surface area contributed by atoms with Crippen molar-refractivity contribution < 1.29 is 27.1 Å². The van der Waals surface area contributed by atoms with Crippen LogP contribution in [0.25, 0.3) is 0 Å². The van der Waals surface area contributed by atoms with Crippen molar-refractivity contribution in [1.29, 1.82) is 0 Å². The Morgan fingerprint density at radius 1 is 1.14 bits per heavy atom. The van der Waals surface area contributed by atoms with Crippen LogP contribution in [0, 0.1) is 5.82 Å². The second-order valence-electron chi connectivity index (χ2n) is 5.85. The van der Waals surface area contributed by atoms with E-state index in [4.69, 9.17) is 4.74 Å². The Bertz CT molecular complexity index is 945. The van der Waals surface area contributed by atoms with E-state index in [1.165, 1.54) is 48.3 Å². The molecule has 150 valence electrons. The summed E-state index contributed by atoms with van der Waals surface area (Å²) in [6.07, 6.45) is 0. The number of nitrogens with zero attached hydrogens (tertiary/aromatic N) is 1. The Hall–Kier alpha value is -2.78. The number of sulfonamides is 1. The van der Waals surface area contributed by atoms with Crippen molar-refractivity contribution in [1.82, 2.24) is 9.62 Å². The van der Waals surface area contributed by atoms with Crippen LogP contribution in [0.4, 0.5) is 4.39 Å². The summed E-state index contributed by atoms with van der Waals surface area (Å²) in [5.74, 6) is -1.56. The molecule has 2 aromatic rings. The van der Waals surface area contributed by atoms with E-state index in [2.05, 4.69) is 4.72 Å². The van der Waals surface area contributed by atoms with Gasteiger partial charge in [-0.25, -0.2) is 22.3 Å². The number of likely N-dealkylation sites (N-methyl/N-ethyl adjacent to an activating group) is 1. The Balaban J connectivity index is 1.96. The van der Waals surface area contributed by atoms with E-state index in [0.29, 0.717) is 12.1 Å². The van der Waals surface area contributed by atoms with Crippen molar-refractivity contribution in [2.24, 2.45) is 0 Å². The first-order valence-electron chi connectivity index (χ1n) is 8.49. The molecule has 2 rings (SSSR count). The van der Waals surface area contributed by atoms with Gasteiger partial charge in [-0.3, -0.25) is 4.79 Å². The third-order valence-corrected chi connectivity index (χ3v) is 5.42. The number of carbonyl (C=O) groups excluding carboxylic acids is 2. The molecule has 0 aliphatic heterocycles. The summed E-state index contributed by atoms with van der Waals surface area (Å²) >= 11 is 0. The predicted molar refractivity (Wildman–Crippen MR) is 100 cm³/mol. The summed E-state index contributed by atoms with van der Waals surface area (Å²) in [6, 6.07) is 11.1. The zero-order valence-electron chi connectivity index (χ0n) is 15.5. The Morgan fingerprint density at radius 2 is 1.82 bits per heavy atom. The summed E-state index contributed by atoms with van der Waals surface area (Å²) in [7, 11) is -2.32. The van der Waals surface area contributed by atoms with Gasteiger partial charge in [0.2, 0.25) is 10.0 Å². The highest BCUT2D eigenvalue weighted by Gasteiger charge is 2.17. The molecule has 0 fully saturated rings. The number of carbonyl (C=O) groups is 2. The normalized spacial score (nSPS) is 11.1. The molecule has 0 spiro atoms. The third kappa shape index (κ3) is 5.61. The van der Waals surface area contributed by atoms with Gasteiger partial charge in [0, 0.05) is 13.1 Å². The summed E-state index contributed by atoms with van der Waals surface area (Å²) in [5.41, 5.74) is 0.749. The van der Waals surface area contributed by atoms with Crippen molar-refractivity contribution in [3.63, 3.8) is 0 Å². The molecule has 0 atom stereocenters. The van der Waals surface area contributed by atoms with Crippen LogP contribution in [0.3, 0.4) is 0 Å². The molecule has 9 heteroatoms. The fourth-order valence-electron chi connectivity index (χ4n) is 2.42. The lowest BCUT2D eigenvalue weighted by atomic mass is 10.2. The zero-order chi connectivity index (χ0) is 20.7. The molecule has 0 heterocycles. The van der Waals surface area contributed by atoms with Gasteiger partial charge < -0.3 is 9.64 Å². The van der Waals surface area contributed by atoms with Crippen LogP contribution in [0.5, 0.6) is 0 Å². The zero-order valence-corrected chi connectivity index (χ0v) is 16.3. The SMILES string of the molecule is CCN(Cc1cccc(F)c1)C(=O)COC(=O)c1ccc(S(=O)(=O)NC)cc1. The predicted octanol–water partition coefficient (Wildman–Crippen LogP) is 1.94. The van der Waals surface area contributed by atoms with Crippen LogP contribution in [0.1, 0.15) is 22.8 Å². The van der Waals surface area contributed by atoms with Gasteiger partial charge in [-0.2, -0.15) is 0 Å². The van der Waals surface area contributed by atoms with Crippen LogP contribution in [0.2, 0.25) is 0 Å². The van der Waals surface area contributed by atoms with Gasteiger partial charge in [0.15, 0.2) is 6.61 Å². The molecule has 28 heavy (non-hydrogen) atoms. The Kier molecular flexibility index (Phi) is 7.24. The monoisotopic (exact) mass is 408 g/mol. The van der Waals surface area contributed by atoms with Crippen molar-refractivity contribution >= 4 is 21.9 Å². The maximum Gasteiger partial charge on any atom is 0.338 e. The molecule has 1 N–H and O–H groups in total. The van der Waals surface area contributed by atoms with Gasteiger partial charge in [0.05, 0.1) is 10.5 Å². The average Bonchev–Trinajstić information content (AvgIpc) is 2.70. The standard InChI is InChI=1S/C19H21FN2O5S/c1-3-22(12-14-5-4-6-16(20)11-14)18(23)13-27-19(24)15-7-9-17(10-8-15)28(25,26)21-2/h4-11,21H,3,12-13H2,1-2H3. The number of nitrogens with one attached hydrogen (secondary N) is 1. The van der Waals surface area contributed by atoms with Crippen LogP contribution in [-0.2, 0) is 26.1 Å². The minimum absolute atomic E-state index is 0.00915. The van der Waals surface area contributed by atoms with E-state index < -0.39 is 34.3 Å². The second-order valence-corrected chi connectivity index (χ2v) is 7.73. The van der Waals surface area contributed by atoms with Crippen molar-refractivity contribution in [3.05, 3.63) is 65.5 Å². The Labute approximate surface area is 163 Å². The number of rotatable bonds is 8. The first kappa shape index (κ1) is 21.5. The molecule has 1 amide bonds. The lowest BCUT2D eigenvalue weighted by molar-refractivity contribution is -0.134. The summed E-state index contributed by atoms with van der Waals surface area (Å²) in [4.78, 5) is 25.8. The number of halogens is 1.